The fourth-order valence-corrected chi connectivity index (χ4v) is 1.41. The van der Waals surface area contributed by atoms with E-state index in [9.17, 15) is 4.79 Å². The van der Waals surface area contributed by atoms with Crippen LogP contribution in [0.2, 0.25) is 0 Å². The zero-order chi connectivity index (χ0) is 12.1. The van der Waals surface area contributed by atoms with Crippen molar-refractivity contribution in [2.24, 2.45) is 5.92 Å². The van der Waals surface area contributed by atoms with Gasteiger partial charge in [-0.15, -0.1) is 0 Å². The third-order valence-corrected chi connectivity index (χ3v) is 2.51. The van der Waals surface area contributed by atoms with Crippen LogP contribution in [0.15, 0.2) is 18.2 Å². The van der Waals surface area contributed by atoms with Crippen LogP contribution in [0, 0.1) is 19.8 Å². The van der Waals surface area contributed by atoms with Gasteiger partial charge in [-0.2, -0.15) is 0 Å². The van der Waals surface area contributed by atoms with Crippen molar-refractivity contribution in [3.05, 3.63) is 29.3 Å². The molecule has 16 heavy (non-hydrogen) atoms. The maximum atomic E-state index is 11.4. The summed E-state index contributed by atoms with van der Waals surface area (Å²) in [5.74, 6) is -0.292. The molecule has 0 aliphatic rings. The van der Waals surface area contributed by atoms with E-state index in [1.807, 2.05) is 39.8 Å². The Bertz CT molecular complexity index is 354. The van der Waals surface area contributed by atoms with Crippen molar-refractivity contribution in [3.8, 4) is 0 Å². The molecular weight excluding hydrogens is 202 g/mol. The fourth-order valence-electron chi connectivity index (χ4n) is 1.41. The van der Waals surface area contributed by atoms with Gasteiger partial charge in [0.05, 0.1) is 11.6 Å². The van der Waals surface area contributed by atoms with E-state index < -0.39 is 0 Å². The lowest BCUT2D eigenvalue weighted by Gasteiger charge is -2.11. The van der Waals surface area contributed by atoms with Crippen LogP contribution < -0.4 is 5.48 Å². The molecule has 3 heteroatoms. The third-order valence-electron chi connectivity index (χ3n) is 2.51. The van der Waals surface area contributed by atoms with Gasteiger partial charge < -0.3 is 4.84 Å². The zero-order valence-electron chi connectivity index (χ0n) is 10.3. The van der Waals surface area contributed by atoms with Crippen molar-refractivity contribution in [3.63, 3.8) is 0 Å². The standard InChI is InChI=1S/C13H19NO2/c1-5-11(4)13(15)16-14-12-7-9(2)6-10(3)8-12/h6-8,11,14H,5H2,1-4H3. The molecule has 1 atom stereocenters. The van der Waals surface area contributed by atoms with Crippen molar-refractivity contribution in [2.45, 2.75) is 34.1 Å². The topological polar surface area (TPSA) is 38.3 Å². The summed E-state index contributed by atoms with van der Waals surface area (Å²) in [7, 11) is 0. The fraction of sp³-hybridized carbons (Fsp3) is 0.462. The molecule has 0 saturated carbocycles. The molecule has 1 rings (SSSR count). The number of carbonyl (C=O) groups is 1. The summed E-state index contributed by atoms with van der Waals surface area (Å²) in [5.41, 5.74) is 5.79. The second kappa shape index (κ2) is 5.54. The highest BCUT2D eigenvalue weighted by Gasteiger charge is 2.12. The molecule has 0 heterocycles. The summed E-state index contributed by atoms with van der Waals surface area (Å²) >= 11 is 0. The van der Waals surface area contributed by atoms with Gasteiger partial charge in [0.25, 0.3) is 0 Å². The number of rotatable bonds is 4. The molecule has 0 radical (unpaired) electrons. The van der Waals surface area contributed by atoms with Crippen LogP contribution in [0.25, 0.3) is 0 Å². The summed E-state index contributed by atoms with van der Waals surface area (Å²) in [6.45, 7) is 7.83. The summed E-state index contributed by atoms with van der Waals surface area (Å²) in [6, 6.07) is 5.95. The number of hydrogen-bond donors (Lipinski definition) is 1. The molecule has 0 aromatic heterocycles. The molecule has 0 aliphatic carbocycles. The molecular formula is C13H19NO2. The van der Waals surface area contributed by atoms with Crippen LogP contribution in [-0.2, 0) is 9.63 Å². The lowest BCUT2D eigenvalue weighted by Crippen LogP contribution is -2.17. The molecule has 0 aliphatic heterocycles. The van der Waals surface area contributed by atoms with Gasteiger partial charge in [0.15, 0.2) is 0 Å². The van der Waals surface area contributed by atoms with Gasteiger partial charge in [0, 0.05) is 0 Å². The first-order valence-corrected chi connectivity index (χ1v) is 5.58. The van der Waals surface area contributed by atoms with E-state index >= 15 is 0 Å². The first-order chi connectivity index (χ1) is 7.52. The van der Waals surface area contributed by atoms with Crippen molar-refractivity contribution in [1.82, 2.24) is 0 Å². The van der Waals surface area contributed by atoms with Crippen LogP contribution in [0.3, 0.4) is 0 Å². The van der Waals surface area contributed by atoms with Gasteiger partial charge in [-0.1, -0.05) is 19.9 Å². The van der Waals surface area contributed by atoms with Gasteiger partial charge in [-0.3, -0.25) is 0 Å². The van der Waals surface area contributed by atoms with E-state index in [0.29, 0.717) is 0 Å². The quantitative estimate of drug-likeness (QED) is 0.793. The molecule has 0 spiro atoms. The average molecular weight is 221 g/mol. The molecule has 0 amide bonds. The number of nitrogens with one attached hydrogen (secondary N) is 1. The molecule has 88 valence electrons. The van der Waals surface area contributed by atoms with Crippen LogP contribution in [-0.4, -0.2) is 5.97 Å². The van der Waals surface area contributed by atoms with Crippen LogP contribution in [0.5, 0.6) is 0 Å². The maximum Gasteiger partial charge on any atom is 0.334 e. The highest BCUT2D eigenvalue weighted by atomic mass is 16.7. The predicted octanol–water partition coefficient (Wildman–Crippen LogP) is 3.22. The summed E-state index contributed by atoms with van der Waals surface area (Å²) < 4.78 is 0. The smallest absolute Gasteiger partial charge is 0.334 e. The number of aryl methyl sites for hydroxylation is 2. The summed E-state index contributed by atoms with van der Waals surface area (Å²) in [4.78, 5) is 16.4. The Morgan fingerprint density at radius 2 is 1.88 bits per heavy atom. The largest absolute Gasteiger partial charge is 0.343 e. The minimum absolute atomic E-state index is 0.0709. The van der Waals surface area contributed by atoms with Gasteiger partial charge >= 0.3 is 5.97 Å². The molecule has 1 unspecified atom stereocenters. The van der Waals surface area contributed by atoms with Crippen molar-refractivity contribution < 1.29 is 9.63 Å². The van der Waals surface area contributed by atoms with E-state index in [1.54, 1.807) is 0 Å². The molecule has 1 N–H and O–H groups in total. The van der Waals surface area contributed by atoms with Crippen LogP contribution in [0.4, 0.5) is 5.69 Å². The Labute approximate surface area is 96.8 Å². The highest BCUT2D eigenvalue weighted by Crippen LogP contribution is 2.14. The summed E-state index contributed by atoms with van der Waals surface area (Å²) in [6.07, 6.45) is 0.785. The van der Waals surface area contributed by atoms with E-state index in [-0.39, 0.29) is 11.9 Å². The molecule has 0 fully saturated rings. The minimum Gasteiger partial charge on any atom is -0.343 e. The molecule has 3 nitrogen and oxygen atoms in total. The van der Waals surface area contributed by atoms with Gasteiger partial charge in [-0.05, 0) is 43.5 Å². The number of anilines is 1. The number of benzene rings is 1. The maximum absolute atomic E-state index is 11.4. The average Bonchev–Trinajstić information content (AvgIpc) is 2.23. The summed E-state index contributed by atoms with van der Waals surface area (Å²) in [5, 5.41) is 0. The molecule has 1 aromatic rings. The van der Waals surface area contributed by atoms with Crippen molar-refractivity contribution in [1.29, 1.82) is 0 Å². The SMILES string of the molecule is CCC(C)C(=O)ONc1cc(C)cc(C)c1. The third kappa shape index (κ3) is 3.57. The number of carbonyl (C=O) groups excluding carboxylic acids is 1. The zero-order valence-corrected chi connectivity index (χ0v) is 10.3. The Morgan fingerprint density at radius 3 is 2.38 bits per heavy atom. The van der Waals surface area contributed by atoms with Gasteiger partial charge in [0.1, 0.15) is 0 Å². The Morgan fingerprint density at radius 1 is 1.31 bits per heavy atom. The predicted molar refractivity (Wildman–Crippen MR) is 65.1 cm³/mol. The molecule has 0 bridgehead atoms. The monoisotopic (exact) mass is 221 g/mol. The second-order valence-electron chi connectivity index (χ2n) is 4.21. The second-order valence-corrected chi connectivity index (χ2v) is 4.21. The lowest BCUT2D eigenvalue weighted by molar-refractivity contribution is -0.144. The first-order valence-electron chi connectivity index (χ1n) is 5.58. The van der Waals surface area contributed by atoms with Crippen molar-refractivity contribution in [2.75, 3.05) is 5.48 Å². The Kier molecular flexibility index (Phi) is 4.35. The molecule has 0 saturated heterocycles. The van der Waals surface area contributed by atoms with Crippen LogP contribution in [0.1, 0.15) is 31.4 Å². The number of hydrogen-bond acceptors (Lipinski definition) is 3. The Hall–Kier alpha value is -1.51. The lowest BCUT2D eigenvalue weighted by atomic mass is 10.1. The van der Waals surface area contributed by atoms with Gasteiger partial charge in [0.2, 0.25) is 0 Å². The van der Waals surface area contributed by atoms with Gasteiger partial charge in [-0.25, -0.2) is 10.3 Å². The Balaban J connectivity index is 2.58. The highest BCUT2D eigenvalue weighted by molar-refractivity contribution is 5.72. The first kappa shape index (κ1) is 12.6. The minimum atomic E-state index is -0.221. The van der Waals surface area contributed by atoms with E-state index in [1.165, 1.54) is 0 Å². The van der Waals surface area contributed by atoms with Crippen molar-refractivity contribution >= 4 is 11.7 Å². The van der Waals surface area contributed by atoms with E-state index in [0.717, 1.165) is 23.2 Å². The van der Waals surface area contributed by atoms with Crippen LogP contribution >= 0.6 is 0 Å². The van der Waals surface area contributed by atoms with E-state index in [4.69, 9.17) is 4.84 Å². The van der Waals surface area contributed by atoms with E-state index in [2.05, 4.69) is 11.5 Å². The normalized spacial score (nSPS) is 12.0. The molecule has 1 aromatic carbocycles.